The summed E-state index contributed by atoms with van der Waals surface area (Å²) in [6.07, 6.45) is 0. The second kappa shape index (κ2) is 2.38. The third kappa shape index (κ3) is 2.06. The zero-order valence-corrected chi connectivity index (χ0v) is 8.66. The van der Waals surface area contributed by atoms with Crippen LogP contribution < -0.4 is 0 Å². The largest absolute Gasteiger partial charge is 0.318 e. The molecule has 0 N–H and O–H groups in total. The summed E-state index contributed by atoms with van der Waals surface area (Å²) in [7, 11) is -4.01. The molecule has 0 fully saturated rings. The molecule has 0 radical (unpaired) electrons. The zero-order chi connectivity index (χ0) is 7.71. The smallest absolute Gasteiger partial charge is 0.231 e. The Balaban J connectivity index is 4.32. The van der Waals surface area contributed by atoms with Crippen LogP contribution in [0.4, 0.5) is 4.11 Å². The van der Waals surface area contributed by atoms with Crippen molar-refractivity contribution in [2.75, 3.05) is 0 Å². The summed E-state index contributed by atoms with van der Waals surface area (Å²) in [5, 5.41) is 0. The van der Waals surface area contributed by atoms with Crippen LogP contribution in [0.15, 0.2) is 12.3 Å². The molecule has 0 aliphatic rings. The van der Waals surface area contributed by atoms with Crippen LogP contribution in [0.25, 0.3) is 0 Å². The van der Waals surface area contributed by atoms with Crippen molar-refractivity contribution >= 4 is 15.5 Å². The molecule has 0 aliphatic heterocycles. The third-order valence-corrected chi connectivity index (χ3v) is 15.9. The van der Waals surface area contributed by atoms with Gasteiger partial charge >= 0.3 is 0 Å². The van der Waals surface area contributed by atoms with Crippen LogP contribution in [0.1, 0.15) is 0 Å². The van der Waals surface area contributed by atoms with E-state index in [1.165, 1.54) is 0 Å². The van der Waals surface area contributed by atoms with Gasteiger partial charge in [-0.3, -0.25) is 0 Å². The van der Waals surface area contributed by atoms with Gasteiger partial charge < -0.3 is 4.11 Å². The van der Waals surface area contributed by atoms with Crippen LogP contribution in [0.3, 0.4) is 0 Å². The SMILES string of the molecule is C=C[Si](C)(C)[Si](C)(C)F. The number of rotatable bonds is 2. The average Bonchev–Trinajstić information content (AvgIpc) is 1.64. The second-order valence-electron chi connectivity index (χ2n) is 3.40. The van der Waals surface area contributed by atoms with E-state index >= 15 is 0 Å². The molecule has 0 saturated heterocycles. The van der Waals surface area contributed by atoms with Gasteiger partial charge in [0.05, 0.1) is 0 Å². The van der Waals surface area contributed by atoms with Crippen LogP contribution in [0, 0.1) is 0 Å². The number of hydrogen-bond acceptors (Lipinski definition) is 0. The lowest BCUT2D eigenvalue weighted by atomic mass is 11.3. The molecule has 0 saturated carbocycles. The van der Waals surface area contributed by atoms with Gasteiger partial charge in [-0.1, -0.05) is 13.1 Å². The fraction of sp³-hybridized carbons (Fsp3) is 0.667. The van der Waals surface area contributed by atoms with Crippen molar-refractivity contribution in [3.63, 3.8) is 0 Å². The van der Waals surface area contributed by atoms with Crippen LogP contribution in [0.2, 0.25) is 26.2 Å². The minimum absolute atomic E-state index is 1.64. The molecule has 0 rings (SSSR count). The van der Waals surface area contributed by atoms with Gasteiger partial charge in [-0.15, -0.1) is 12.3 Å². The Morgan fingerprint density at radius 1 is 1.22 bits per heavy atom. The molecule has 0 unspecified atom stereocenters. The zero-order valence-electron chi connectivity index (χ0n) is 6.66. The lowest BCUT2D eigenvalue weighted by molar-refractivity contribution is 0.828. The average molecular weight is 162 g/mol. The molecule has 0 aromatic heterocycles. The van der Waals surface area contributed by atoms with E-state index in [1.54, 1.807) is 13.1 Å². The molecular formula is C6H15FSi2. The standard InChI is InChI=1S/C6H15FSi2/c1-6-8(2,3)9(4,5)7/h6H,1H2,2-5H3. The first kappa shape index (κ1) is 9.10. The minimum atomic E-state index is -2.36. The van der Waals surface area contributed by atoms with Crippen molar-refractivity contribution in [1.82, 2.24) is 0 Å². The predicted octanol–water partition coefficient (Wildman–Crippen LogP) is 2.67. The van der Waals surface area contributed by atoms with Crippen molar-refractivity contribution in [1.29, 1.82) is 0 Å². The van der Waals surface area contributed by atoms with Gasteiger partial charge in [0, 0.05) is 0 Å². The highest BCUT2D eigenvalue weighted by Crippen LogP contribution is 2.20. The molecule has 9 heavy (non-hydrogen) atoms. The highest BCUT2D eigenvalue weighted by molar-refractivity contribution is 7.40. The first-order valence-electron chi connectivity index (χ1n) is 3.14. The maximum absolute atomic E-state index is 13.3. The van der Waals surface area contributed by atoms with Crippen LogP contribution in [0.5, 0.6) is 0 Å². The van der Waals surface area contributed by atoms with E-state index in [0.29, 0.717) is 0 Å². The lowest BCUT2D eigenvalue weighted by Gasteiger charge is -2.26. The first-order valence-corrected chi connectivity index (χ1v) is 10.1. The molecule has 0 heterocycles. The van der Waals surface area contributed by atoms with E-state index in [4.69, 9.17) is 0 Å². The summed E-state index contributed by atoms with van der Waals surface area (Å²) in [6, 6.07) is 0. The van der Waals surface area contributed by atoms with Crippen molar-refractivity contribution in [3.8, 4) is 0 Å². The van der Waals surface area contributed by atoms with E-state index in [0.717, 1.165) is 0 Å². The Labute approximate surface area is 58.8 Å². The quantitative estimate of drug-likeness (QED) is 0.432. The number of hydrogen-bond donors (Lipinski definition) is 0. The fourth-order valence-electron chi connectivity index (χ4n) is 0.243. The minimum Gasteiger partial charge on any atom is -0.318 e. The molecule has 0 atom stereocenters. The normalized spacial score (nSPS) is 13.4. The van der Waals surface area contributed by atoms with Crippen molar-refractivity contribution in [2.45, 2.75) is 26.2 Å². The van der Waals surface area contributed by atoms with Gasteiger partial charge in [0.2, 0.25) is 7.93 Å². The highest BCUT2D eigenvalue weighted by Gasteiger charge is 2.39. The van der Waals surface area contributed by atoms with Gasteiger partial charge in [0.1, 0.15) is 7.59 Å². The van der Waals surface area contributed by atoms with Gasteiger partial charge in [-0.2, -0.15) is 0 Å². The number of halogens is 1. The van der Waals surface area contributed by atoms with E-state index in [9.17, 15) is 4.11 Å². The summed E-state index contributed by atoms with van der Waals surface area (Å²) in [5.41, 5.74) is 1.85. The molecule has 0 aromatic carbocycles. The molecule has 0 aromatic rings. The fourth-order valence-corrected chi connectivity index (χ4v) is 2.18. The monoisotopic (exact) mass is 162 g/mol. The summed E-state index contributed by atoms with van der Waals surface area (Å²) in [6.45, 7) is 11.3. The van der Waals surface area contributed by atoms with Crippen LogP contribution in [-0.4, -0.2) is 15.5 Å². The van der Waals surface area contributed by atoms with Crippen molar-refractivity contribution in [3.05, 3.63) is 12.3 Å². The van der Waals surface area contributed by atoms with Gasteiger partial charge in [-0.25, -0.2) is 0 Å². The van der Waals surface area contributed by atoms with Crippen LogP contribution in [-0.2, 0) is 0 Å². The van der Waals surface area contributed by atoms with E-state index in [1.807, 2.05) is 18.8 Å². The Bertz CT molecular complexity index is 113. The summed E-state index contributed by atoms with van der Waals surface area (Å²) >= 11 is 0. The van der Waals surface area contributed by atoms with Crippen molar-refractivity contribution in [2.24, 2.45) is 0 Å². The Morgan fingerprint density at radius 2 is 1.56 bits per heavy atom. The van der Waals surface area contributed by atoms with Gasteiger partial charge in [0.15, 0.2) is 0 Å². The molecule has 0 nitrogen and oxygen atoms in total. The van der Waals surface area contributed by atoms with Crippen LogP contribution >= 0.6 is 0 Å². The molecule has 0 spiro atoms. The summed E-state index contributed by atoms with van der Waals surface area (Å²) < 4.78 is 13.3. The van der Waals surface area contributed by atoms with E-state index < -0.39 is 15.5 Å². The summed E-state index contributed by atoms with van der Waals surface area (Å²) in [5.74, 6) is 0. The van der Waals surface area contributed by atoms with E-state index in [2.05, 4.69) is 6.58 Å². The second-order valence-corrected chi connectivity index (χ2v) is 17.6. The maximum atomic E-state index is 13.3. The lowest BCUT2D eigenvalue weighted by Crippen LogP contribution is -2.49. The molecule has 0 amide bonds. The topological polar surface area (TPSA) is 0 Å². The predicted molar refractivity (Wildman–Crippen MR) is 46.3 cm³/mol. The molecule has 54 valence electrons. The molecule has 3 heteroatoms. The van der Waals surface area contributed by atoms with Gasteiger partial charge in [-0.05, 0) is 13.1 Å². The Hall–Kier alpha value is 0.104. The first-order chi connectivity index (χ1) is 3.81. The van der Waals surface area contributed by atoms with Gasteiger partial charge in [0.25, 0.3) is 0 Å². The Morgan fingerprint density at radius 3 is 1.56 bits per heavy atom. The third-order valence-electron chi connectivity index (χ3n) is 2.04. The van der Waals surface area contributed by atoms with Crippen molar-refractivity contribution < 1.29 is 4.11 Å². The maximum Gasteiger partial charge on any atom is 0.231 e. The summed E-state index contributed by atoms with van der Waals surface area (Å²) in [4.78, 5) is 0. The molecular weight excluding hydrogens is 147 g/mol. The molecule has 0 bridgehead atoms. The highest BCUT2D eigenvalue weighted by atomic mass is 29.3. The molecule has 0 aliphatic carbocycles. The van der Waals surface area contributed by atoms with E-state index in [-0.39, 0.29) is 0 Å². The Kier molecular flexibility index (Phi) is 2.41.